The molecule has 6 heteroatoms. The molecule has 0 amide bonds. The number of carboxylic acids is 1. The van der Waals surface area contributed by atoms with Crippen molar-refractivity contribution >= 4 is 16.0 Å². The molecule has 5 nitrogen and oxygen atoms in total. The topological polar surface area (TPSA) is 83.5 Å². The summed E-state index contributed by atoms with van der Waals surface area (Å²) in [7, 11) is -3.55. The van der Waals surface area contributed by atoms with Crippen LogP contribution in [0, 0.1) is 0 Å². The van der Waals surface area contributed by atoms with E-state index >= 15 is 0 Å². The van der Waals surface area contributed by atoms with Gasteiger partial charge in [0.1, 0.15) is 0 Å². The second-order valence-electron chi connectivity index (χ2n) is 4.72. The molecule has 2 rings (SSSR count). The summed E-state index contributed by atoms with van der Waals surface area (Å²) in [5, 5.41) is 8.55. The van der Waals surface area contributed by atoms with E-state index in [1.165, 1.54) is 5.56 Å². The van der Waals surface area contributed by atoms with Gasteiger partial charge in [-0.25, -0.2) is 13.1 Å². The standard InChI is InChI=1S/C13H17NO4S/c15-13(16)8-9-19(17,18)14-12-7-3-5-10-4-1-2-6-11(10)12/h1-2,4,6,12,14H,3,5,7-9H2,(H,15,16). The molecule has 0 aromatic heterocycles. The van der Waals surface area contributed by atoms with E-state index in [0.717, 1.165) is 24.8 Å². The molecule has 0 aliphatic heterocycles. The van der Waals surface area contributed by atoms with Crippen LogP contribution >= 0.6 is 0 Å². The van der Waals surface area contributed by atoms with Crippen LogP contribution < -0.4 is 4.72 Å². The molecule has 19 heavy (non-hydrogen) atoms. The zero-order valence-electron chi connectivity index (χ0n) is 10.5. The molecule has 2 N–H and O–H groups in total. The van der Waals surface area contributed by atoms with Crippen LogP contribution in [0.25, 0.3) is 0 Å². The highest BCUT2D eigenvalue weighted by Gasteiger charge is 2.24. The van der Waals surface area contributed by atoms with Crippen molar-refractivity contribution in [2.45, 2.75) is 31.7 Å². The molecule has 1 unspecified atom stereocenters. The van der Waals surface area contributed by atoms with Crippen LogP contribution in [0.5, 0.6) is 0 Å². The summed E-state index contributed by atoms with van der Waals surface area (Å²) in [5.74, 6) is -1.48. The summed E-state index contributed by atoms with van der Waals surface area (Å²) in [4.78, 5) is 10.4. The summed E-state index contributed by atoms with van der Waals surface area (Å²) in [5.41, 5.74) is 2.17. The largest absolute Gasteiger partial charge is 0.481 e. The molecule has 0 fully saturated rings. The molecule has 0 saturated heterocycles. The third-order valence-corrected chi connectivity index (χ3v) is 4.66. The average molecular weight is 283 g/mol. The number of benzene rings is 1. The smallest absolute Gasteiger partial charge is 0.304 e. The van der Waals surface area contributed by atoms with Gasteiger partial charge in [-0.3, -0.25) is 4.79 Å². The second kappa shape index (κ2) is 5.71. The Hall–Kier alpha value is -1.40. The molecule has 0 spiro atoms. The maximum absolute atomic E-state index is 11.8. The van der Waals surface area contributed by atoms with Crippen LogP contribution in [0.1, 0.15) is 36.4 Å². The molecular formula is C13H17NO4S. The monoisotopic (exact) mass is 283 g/mol. The van der Waals surface area contributed by atoms with Gasteiger partial charge in [0.05, 0.1) is 12.2 Å². The predicted octanol–water partition coefficient (Wildman–Crippen LogP) is 1.46. The van der Waals surface area contributed by atoms with E-state index in [4.69, 9.17) is 5.11 Å². The normalized spacial score (nSPS) is 18.8. The molecule has 0 heterocycles. The minimum Gasteiger partial charge on any atom is -0.481 e. The molecule has 1 aliphatic rings. The van der Waals surface area contributed by atoms with Gasteiger partial charge in [0, 0.05) is 6.04 Å². The van der Waals surface area contributed by atoms with E-state index in [-0.39, 0.29) is 18.2 Å². The van der Waals surface area contributed by atoms with E-state index in [9.17, 15) is 13.2 Å². The van der Waals surface area contributed by atoms with Crippen molar-refractivity contribution in [1.29, 1.82) is 0 Å². The zero-order valence-corrected chi connectivity index (χ0v) is 11.3. The Kier molecular flexibility index (Phi) is 4.21. The van der Waals surface area contributed by atoms with Crippen molar-refractivity contribution in [1.82, 2.24) is 4.72 Å². The summed E-state index contributed by atoms with van der Waals surface area (Å²) in [6, 6.07) is 7.54. The van der Waals surface area contributed by atoms with Crippen molar-refractivity contribution < 1.29 is 18.3 Å². The van der Waals surface area contributed by atoms with Gasteiger partial charge in [-0.1, -0.05) is 24.3 Å². The zero-order chi connectivity index (χ0) is 13.9. The van der Waals surface area contributed by atoms with Crippen LogP contribution in [0.15, 0.2) is 24.3 Å². The number of hydrogen-bond donors (Lipinski definition) is 2. The number of carbonyl (C=O) groups is 1. The fraction of sp³-hybridized carbons (Fsp3) is 0.462. The van der Waals surface area contributed by atoms with Crippen LogP contribution in [0.4, 0.5) is 0 Å². The first-order chi connectivity index (χ1) is 8.98. The van der Waals surface area contributed by atoms with Gasteiger partial charge in [0.15, 0.2) is 0 Å². The number of hydrogen-bond acceptors (Lipinski definition) is 3. The Morgan fingerprint density at radius 2 is 2.11 bits per heavy atom. The van der Waals surface area contributed by atoms with Gasteiger partial charge in [-0.2, -0.15) is 0 Å². The molecule has 1 aromatic carbocycles. The van der Waals surface area contributed by atoms with E-state index in [2.05, 4.69) is 4.72 Å². The number of aliphatic carboxylic acids is 1. The Bertz CT molecular complexity index is 568. The fourth-order valence-electron chi connectivity index (χ4n) is 2.37. The lowest BCUT2D eigenvalue weighted by Crippen LogP contribution is -2.33. The summed E-state index contributed by atoms with van der Waals surface area (Å²) < 4.78 is 26.3. The van der Waals surface area contributed by atoms with Crippen LogP contribution in [-0.2, 0) is 21.2 Å². The third-order valence-electron chi connectivity index (χ3n) is 3.28. The first kappa shape index (κ1) is 14.0. The van der Waals surface area contributed by atoms with E-state index in [1.54, 1.807) is 0 Å². The Morgan fingerprint density at radius 3 is 2.84 bits per heavy atom. The molecule has 1 aliphatic carbocycles. The fourth-order valence-corrected chi connectivity index (χ4v) is 3.61. The lowest BCUT2D eigenvalue weighted by Gasteiger charge is -2.26. The van der Waals surface area contributed by atoms with Crippen molar-refractivity contribution in [3.63, 3.8) is 0 Å². The van der Waals surface area contributed by atoms with Gasteiger partial charge in [-0.05, 0) is 30.4 Å². The first-order valence-corrected chi connectivity index (χ1v) is 7.93. The molecule has 104 valence electrons. The minimum absolute atomic E-state index is 0.233. The summed E-state index contributed by atoms with van der Waals surface area (Å²) in [6.07, 6.45) is 2.28. The van der Waals surface area contributed by atoms with Gasteiger partial charge >= 0.3 is 5.97 Å². The maximum Gasteiger partial charge on any atom is 0.304 e. The van der Waals surface area contributed by atoms with Crippen molar-refractivity contribution in [2.24, 2.45) is 0 Å². The lowest BCUT2D eigenvalue weighted by molar-refractivity contribution is -0.136. The van der Waals surface area contributed by atoms with Gasteiger partial charge < -0.3 is 5.11 Å². The van der Waals surface area contributed by atoms with Gasteiger partial charge in [0.25, 0.3) is 0 Å². The number of rotatable bonds is 5. The van der Waals surface area contributed by atoms with E-state index in [0.29, 0.717) is 0 Å². The van der Waals surface area contributed by atoms with Gasteiger partial charge in [-0.15, -0.1) is 0 Å². The molecular weight excluding hydrogens is 266 g/mol. The highest BCUT2D eigenvalue weighted by Crippen LogP contribution is 2.29. The predicted molar refractivity (Wildman–Crippen MR) is 71.3 cm³/mol. The molecule has 0 radical (unpaired) electrons. The Labute approximate surface area is 112 Å². The quantitative estimate of drug-likeness (QED) is 0.857. The van der Waals surface area contributed by atoms with Crippen molar-refractivity contribution in [3.8, 4) is 0 Å². The number of aryl methyl sites for hydroxylation is 1. The average Bonchev–Trinajstić information content (AvgIpc) is 2.37. The number of sulfonamides is 1. The minimum atomic E-state index is -3.55. The number of carboxylic acid groups (broad SMARTS) is 1. The molecule has 0 bridgehead atoms. The van der Waals surface area contributed by atoms with Crippen LogP contribution in [-0.4, -0.2) is 25.2 Å². The Balaban J connectivity index is 2.10. The SMILES string of the molecule is O=C(O)CCS(=O)(=O)NC1CCCc2ccccc21. The third kappa shape index (κ3) is 3.78. The highest BCUT2D eigenvalue weighted by atomic mass is 32.2. The lowest BCUT2D eigenvalue weighted by atomic mass is 9.88. The van der Waals surface area contributed by atoms with Crippen LogP contribution in [0.2, 0.25) is 0 Å². The number of nitrogens with one attached hydrogen (secondary N) is 1. The van der Waals surface area contributed by atoms with Gasteiger partial charge in [0.2, 0.25) is 10.0 Å². The second-order valence-corrected chi connectivity index (χ2v) is 6.60. The van der Waals surface area contributed by atoms with E-state index < -0.39 is 16.0 Å². The highest BCUT2D eigenvalue weighted by molar-refractivity contribution is 7.89. The molecule has 0 saturated carbocycles. The summed E-state index contributed by atoms with van der Waals surface area (Å²) >= 11 is 0. The van der Waals surface area contributed by atoms with Crippen molar-refractivity contribution in [2.75, 3.05) is 5.75 Å². The summed E-state index contributed by atoms with van der Waals surface area (Å²) in [6.45, 7) is 0. The first-order valence-electron chi connectivity index (χ1n) is 6.27. The van der Waals surface area contributed by atoms with Crippen LogP contribution in [0.3, 0.4) is 0 Å². The number of fused-ring (bicyclic) bond motifs is 1. The molecule has 1 atom stereocenters. The van der Waals surface area contributed by atoms with Crippen molar-refractivity contribution in [3.05, 3.63) is 35.4 Å². The maximum atomic E-state index is 11.8. The molecule has 1 aromatic rings. The Morgan fingerprint density at radius 1 is 1.37 bits per heavy atom. The van der Waals surface area contributed by atoms with E-state index in [1.807, 2.05) is 24.3 Å².